The monoisotopic (exact) mass is 300 g/mol. The molecule has 0 radical (unpaired) electrons. The molecule has 0 aliphatic rings. The number of aryl methyl sites for hydroxylation is 1. The van der Waals surface area contributed by atoms with Crippen LogP contribution < -0.4 is 10.6 Å². The van der Waals surface area contributed by atoms with Crippen molar-refractivity contribution in [2.45, 2.75) is 26.2 Å². The molecule has 1 aromatic rings. The highest BCUT2D eigenvalue weighted by atomic mass is 32.2. The predicted octanol–water partition coefficient (Wildman–Crippen LogP) is 2.30. The Balaban J connectivity index is 2.11. The SMILES string of the molecule is CN=C(NCCCCSC)NCCc1ncc(C)s1. The number of aliphatic imine (C=N–C) groups is 1. The zero-order valence-corrected chi connectivity index (χ0v) is 13.7. The van der Waals surface area contributed by atoms with Crippen LogP contribution in [0.1, 0.15) is 22.7 Å². The Bertz CT molecular complexity index is 376. The van der Waals surface area contributed by atoms with E-state index in [1.54, 1.807) is 11.3 Å². The number of guanidine groups is 1. The molecule has 0 aliphatic carbocycles. The minimum atomic E-state index is 0.872. The fraction of sp³-hybridized carbons (Fsp3) is 0.692. The summed E-state index contributed by atoms with van der Waals surface area (Å²) in [5, 5.41) is 7.83. The molecule has 0 unspecified atom stereocenters. The van der Waals surface area contributed by atoms with Crippen LogP contribution in [0.3, 0.4) is 0 Å². The standard InChI is InChI=1S/C13H24N4S2/c1-11-10-17-12(19-11)6-8-16-13(14-2)15-7-4-5-9-18-3/h10H,4-9H2,1-3H3,(H2,14,15,16). The number of hydrogen-bond acceptors (Lipinski definition) is 4. The summed E-state index contributed by atoms with van der Waals surface area (Å²) in [7, 11) is 1.81. The highest BCUT2D eigenvalue weighted by Crippen LogP contribution is 2.10. The molecule has 0 amide bonds. The molecule has 0 aliphatic heterocycles. The van der Waals surface area contributed by atoms with Gasteiger partial charge in [0, 0.05) is 37.6 Å². The molecule has 0 atom stereocenters. The van der Waals surface area contributed by atoms with Gasteiger partial charge in [0.25, 0.3) is 0 Å². The van der Waals surface area contributed by atoms with E-state index >= 15 is 0 Å². The summed E-state index contributed by atoms with van der Waals surface area (Å²) in [5.41, 5.74) is 0. The van der Waals surface area contributed by atoms with Gasteiger partial charge in [-0.05, 0) is 31.8 Å². The van der Waals surface area contributed by atoms with E-state index in [0.29, 0.717) is 0 Å². The van der Waals surface area contributed by atoms with Crippen LogP contribution >= 0.6 is 23.1 Å². The van der Waals surface area contributed by atoms with Gasteiger partial charge in [0.05, 0.1) is 5.01 Å². The highest BCUT2D eigenvalue weighted by Gasteiger charge is 2.00. The van der Waals surface area contributed by atoms with Crippen molar-refractivity contribution in [1.29, 1.82) is 0 Å². The van der Waals surface area contributed by atoms with Gasteiger partial charge in [-0.2, -0.15) is 11.8 Å². The summed E-state index contributed by atoms with van der Waals surface area (Å²) in [6.07, 6.45) is 7.47. The van der Waals surface area contributed by atoms with Gasteiger partial charge >= 0.3 is 0 Å². The lowest BCUT2D eigenvalue weighted by molar-refractivity contribution is 0.730. The maximum absolute atomic E-state index is 4.35. The van der Waals surface area contributed by atoms with Crippen LogP contribution in [0.5, 0.6) is 0 Å². The first-order chi connectivity index (χ1) is 9.26. The number of unbranched alkanes of at least 4 members (excludes halogenated alkanes) is 1. The minimum Gasteiger partial charge on any atom is -0.356 e. The van der Waals surface area contributed by atoms with Gasteiger partial charge in [-0.25, -0.2) is 4.98 Å². The second-order valence-electron chi connectivity index (χ2n) is 4.24. The first-order valence-electron chi connectivity index (χ1n) is 6.61. The Morgan fingerprint density at radius 3 is 2.79 bits per heavy atom. The number of thioether (sulfide) groups is 1. The average molecular weight is 300 g/mol. The predicted molar refractivity (Wildman–Crippen MR) is 87.5 cm³/mol. The zero-order valence-electron chi connectivity index (χ0n) is 12.0. The normalized spacial score (nSPS) is 11.6. The number of hydrogen-bond donors (Lipinski definition) is 2. The number of nitrogens with zero attached hydrogens (tertiary/aromatic N) is 2. The number of thiazole rings is 1. The smallest absolute Gasteiger partial charge is 0.190 e. The van der Waals surface area contributed by atoms with Crippen molar-refractivity contribution in [3.8, 4) is 0 Å². The third kappa shape index (κ3) is 7.42. The van der Waals surface area contributed by atoms with Gasteiger partial charge in [-0.15, -0.1) is 11.3 Å². The summed E-state index contributed by atoms with van der Waals surface area (Å²) < 4.78 is 0. The third-order valence-electron chi connectivity index (χ3n) is 2.59. The van der Waals surface area contributed by atoms with Crippen molar-refractivity contribution in [3.63, 3.8) is 0 Å². The van der Waals surface area contributed by atoms with E-state index in [1.807, 2.05) is 25.0 Å². The molecule has 19 heavy (non-hydrogen) atoms. The van der Waals surface area contributed by atoms with Gasteiger partial charge in [-0.1, -0.05) is 0 Å². The maximum atomic E-state index is 4.35. The molecule has 4 nitrogen and oxygen atoms in total. The van der Waals surface area contributed by atoms with Crippen LogP contribution in [0.25, 0.3) is 0 Å². The quantitative estimate of drug-likeness (QED) is 0.439. The lowest BCUT2D eigenvalue weighted by Gasteiger charge is -2.10. The molecule has 6 heteroatoms. The van der Waals surface area contributed by atoms with Crippen molar-refractivity contribution < 1.29 is 0 Å². The van der Waals surface area contributed by atoms with E-state index in [-0.39, 0.29) is 0 Å². The molecule has 0 saturated heterocycles. The fourth-order valence-corrected chi connectivity index (χ4v) is 2.88. The van der Waals surface area contributed by atoms with Crippen molar-refractivity contribution in [1.82, 2.24) is 15.6 Å². The highest BCUT2D eigenvalue weighted by molar-refractivity contribution is 7.98. The van der Waals surface area contributed by atoms with E-state index in [1.165, 1.54) is 28.5 Å². The minimum absolute atomic E-state index is 0.872. The number of nitrogens with one attached hydrogen (secondary N) is 2. The van der Waals surface area contributed by atoms with E-state index in [4.69, 9.17) is 0 Å². The van der Waals surface area contributed by atoms with Crippen LogP contribution in [-0.4, -0.2) is 43.1 Å². The molecule has 108 valence electrons. The Hall–Kier alpha value is -0.750. The average Bonchev–Trinajstić information content (AvgIpc) is 2.82. The van der Waals surface area contributed by atoms with Crippen LogP contribution in [0.15, 0.2) is 11.2 Å². The molecule has 0 aromatic carbocycles. The maximum Gasteiger partial charge on any atom is 0.190 e. The van der Waals surface area contributed by atoms with Crippen molar-refractivity contribution in [2.75, 3.05) is 32.1 Å². The Kier molecular flexibility index (Phi) is 8.66. The molecule has 1 aromatic heterocycles. The Morgan fingerprint density at radius 2 is 2.16 bits per heavy atom. The topological polar surface area (TPSA) is 49.3 Å². The number of aromatic nitrogens is 1. The zero-order chi connectivity index (χ0) is 13.9. The Morgan fingerprint density at radius 1 is 1.37 bits per heavy atom. The van der Waals surface area contributed by atoms with Crippen molar-refractivity contribution >= 4 is 29.1 Å². The largest absolute Gasteiger partial charge is 0.356 e. The molecule has 0 bridgehead atoms. The summed E-state index contributed by atoms with van der Waals surface area (Å²) in [6, 6.07) is 0. The molecule has 0 saturated carbocycles. The molecular weight excluding hydrogens is 276 g/mol. The van der Waals surface area contributed by atoms with Crippen LogP contribution in [0.2, 0.25) is 0 Å². The van der Waals surface area contributed by atoms with Gasteiger partial charge in [-0.3, -0.25) is 4.99 Å². The summed E-state index contributed by atoms with van der Waals surface area (Å²) in [6.45, 7) is 3.94. The molecule has 1 rings (SSSR count). The van der Waals surface area contributed by atoms with Crippen LogP contribution in [0, 0.1) is 6.92 Å². The fourth-order valence-electron chi connectivity index (χ4n) is 1.60. The van der Waals surface area contributed by atoms with Crippen molar-refractivity contribution in [3.05, 3.63) is 16.1 Å². The van der Waals surface area contributed by atoms with Crippen LogP contribution in [-0.2, 0) is 6.42 Å². The van der Waals surface area contributed by atoms with E-state index in [0.717, 1.165) is 25.5 Å². The number of rotatable bonds is 8. The van der Waals surface area contributed by atoms with Crippen LogP contribution in [0.4, 0.5) is 0 Å². The summed E-state index contributed by atoms with van der Waals surface area (Å²) in [5.74, 6) is 2.12. The second kappa shape index (κ2) is 10.1. The molecule has 0 spiro atoms. The lowest BCUT2D eigenvalue weighted by atomic mass is 10.3. The first kappa shape index (κ1) is 16.3. The third-order valence-corrected chi connectivity index (χ3v) is 4.26. The molecule has 1 heterocycles. The van der Waals surface area contributed by atoms with Gasteiger partial charge < -0.3 is 10.6 Å². The Labute approximate surface area is 124 Å². The van der Waals surface area contributed by atoms with Crippen molar-refractivity contribution in [2.24, 2.45) is 4.99 Å². The van der Waals surface area contributed by atoms with E-state index < -0.39 is 0 Å². The van der Waals surface area contributed by atoms with E-state index in [9.17, 15) is 0 Å². The van der Waals surface area contributed by atoms with Gasteiger partial charge in [0.2, 0.25) is 0 Å². The van der Waals surface area contributed by atoms with E-state index in [2.05, 4.69) is 33.8 Å². The molecule has 2 N–H and O–H groups in total. The summed E-state index contributed by atoms with van der Waals surface area (Å²) >= 11 is 3.66. The van der Waals surface area contributed by atoms with Gasteiger partial charge in [0.15, 0.2) is 5.96 Å². The molecule has 0 fully saturated rings. The lowest BCUT2D eigenvalue weighted by Crippen LogP contribution is -2.38. The molecular formula is C13H24N4S2. The second-order valence-corrected chi connectivity index (χ2v) is 6.55. The van der Waals surface area contributed by atoms with Gasteiger partial charge in [0.1, 0.15) is 0 Å². The first-order valence-corrected chi connectivity index (χ1v) is 8.82. The summed E-state index contributed by atoms with van der Waals surface area (Å²) in [4.78, 5) is 9.83.